The summed E-state index contributed by atoms with van der Waals surface area (Å²) in [6.07, 6.45) is 0. The minimum absolute atomic E-state index is 0.213. The number of nitrogens with zero attached hydrogens (tertiary/aromatic N) is 1. The maximum absolute atomic E-state index is 10.9. The molecule has 0 aliphatic rings. The van der Waals surface area contributed by atoms with Crippen molar-refractivity contribution < 1.29 is 8.42 Å². The molecule has 1 N–H and O–H groups in total. The number of aromatic amines is 1. The Labute approximate surface area is 79.0 Å². The van der Waals surface area contributed by atoms with E-state index in [0.717, 1.165) is 0 Å². The predicted molar refractivity (Wildman–Crippen MR) is 49.1 cm³/mol. The SMILES string of the molecule is O=S(=O)(Cl)c1nc2ccccc2[nH]1. The largest absolute Gasteiger partial charge is 0.328 e. The van der Waals surface area contributed by atoms with Crippen molar-refractivity contribution >= 4 is 30.8 Å². The number of halogens is 1. The summed E-state index contributed by atoms with van der Waals surface area (Å²) in [6.45, 7) is 0. The van der Waals surface area contributed by atoms with Gasteiger partial charge in [0.2, 0.25) is 5.16 Å². The molecule has 0 aliphatic carbocycles. The van der Waals surface area contributed by atoms with Gasteiger partial charge in [0, 0.05) is 10.7 Å². The molecule has 2 aromatic rings. The second-order valence-electron chi connectivity index (χ2n) is 2.50. The van der Waals surface area contributed by atoms with Gasteiger partial charge < -0.3 is 4.98 Å². The van der Waals surface area contributed by atoms with Gasteiger partial charge >= 0.3 is 0 Å². The Balaban J connectivity index is 2.77. The molecule has 2 rings (SSSR count). The zero-order valence-electron chi connectivity index (χ0n) is 6.36. The maximum atomic E-state index is 10.9. The number of imidazole rings is 1. The molecular formula is C7H5ClN2O2S. The standard InChI is InChI=1S/C7H5ClN2O2S/c8-13(11,12)7-9-5-3-1-2-4-6(5)10-7/h1-4H,(H,9,10). The molecule has 0 bridgehead atoms. The highest BCUT2D eigenvalue weighted by Gasteiger charge is 2.14. The third kappa shape index (κ3) is 1.52. The van der Waals surface area contributed by atoms with Crippen LogP contribution in [-0.2, 0) is 9.05 Å². The van der Waals surface area contributed by atoms with E-state index in [0.29, 0.717) is 11.0 Å². The summed E-state index contributed by atoms with van der Waals surface area (Å²) >= 11 is 0. The van der Waals surface area contributed by atoms with Gasteiger partial charge in [0.05, 0.1) is 11.0 Å². The average molecular weight is 217 g/mol. The lowest BCUT2D eigenvalue weighted by atomic mass is 10.3. The number of hydrogen-bond acceptors (Lipinski definition) is 3. The predicted octanol–water partition coefficient (Wildman–Crippen LogP) is 1.49. The van der Waals surface area contributed by atoms with E-state index in [1.807, 2.05) is 0 Å². The number of hydrogen-bond donors (Lipinski definition) is 1. The molecular weight excluding hydrogens is 212 g/mol. The van der Waals surface area contributed by atoms with Gasteiger partial charge in [-0.25, -0.2) is 13.4 Å². The summed E-state index contributed by atoms with van der Waals surface area (Å²) in [5.74, 6) is 0. The molecule has 68 valence electrons. The van der Waals surface area contributed by atoms with Gasteiger partial charge in [0.15, 0.2) is 0 Å². The average Bonchev–Trinajstić information content (AvgIpc) is 2.45. The van der Waals surface area contributed by atoms with E-state index in [1.165, 1.54) is 0 Å². The molecule has 0 aliphatic heterocycles. The highest BCUT2D eigenvalue weighted by atomic mass is 35.7. The Morgan fingerprint density at radius 2 is 2.00 bits per heavy atom. The van der Waals surface area contributed by atoms with E-state index in [-0.39, 0.29) is 5.16 Å². The maximum Gasteiger partial charge on any atom is 0.294 e. The molecule has 6 heteroatoms. The Hall–Kier alpha value is -1.07. The zero-order chi connectivity index (χ0) is 9.47. The van der Waals surface area contributed by atoms with E-state index in [1.54, 1.807) is 24.3 Å². The van der Waals surface area contributed by atoms with Crippen LogP contribution in [0.3, 0.4) is 0 Å². The van der Waals surface area contributed by atoms with Crippen molar-refractivity contribution in [3.8, 4) is 0 Å². The minimum atomic E-state index is -3.76. The van der Waals surface area contributed by atoms with Crippen LogP contribution >= 0.6 is 10.7 Å². The molecule has 1 aromatic carbocycles. The molecule has 0 unspecified atom stereocenters. The number of aromatic nitrogens is 2. The van der Waals surface area contributed by atoms with E-state index in [9.17, 15) is 8.42 Å². The molecule has 13 heavy (non-hydrogen) atoms. The summed E-state index contributed by atoms with van der Waals surface area (Å²) < 4.78 is 21.7. The molecule has 1 aromatic heterocycles. The smallest absolute Gasteiger partial charge is 0.294 e. The van der Waals surface area contributed by atoms with Gasteiger partial charge in [-0.3, -0.25) is 0 Å². The molecule has 0 saturated carbocycles. The fourth-order valence-electron chi connectivity index (χ4n) is 1.04. The van der Waals surface area contributed by atoms with Crippen LogP contribution in [0.4, 0.5) is 0 Å². The summed E-state index contributed by atoms with van der Waals surface area (Å²) in [7, 11) is 1.35. The summed E-state index contributed by atoms with van der Waals surface area (Å²) in [5.41, 5.74) is 1.24. The molecule has 0 atom stereocenters. The van der Waals surface area contributed by atoms with Crippen molar-refractivity contribution in [3.05, 3.63) is 24.3 Å². The molecule has 1 heterocycles. The lowest BCUT2D eigenvalue weighted by molar-refractivity contribution is 0.603. The quantitative estimate of drug-likeness (QED) is 0.735. The Morgan fingerprint density at radius 1 is 1.31 bits per heavy atom. The van der Waals surface area contributed by atoms with Crippen molar-refractivity contribution in [2.75, 3.05) is 0 Å². The van der Waals surface area contributed by atoms with Crippen molar-refractivity contribution in [2.45, 2.75) is 5.16 Å². The normalized spacial score (nSPS) is 12.1. The Bertz CT molecular complexity index is 513. The zero-order valence-corrected chi connectivity index (χ0v) is 7.93. The molecule has 0 saturated heterocycles. The van der Waals surface area contributed by atoms with Gasteiger partial charge in [0.1, 0.15) is 0 Å². The highest BCUT2D eigenvalue weighted by Crippen LogP contribution is 2.16. The summed E-state index contributed by atoms with van der Waals surface area (Å²) in [6, 6.07) is 6.99. The number of fused-ring (bicyclic) bond motifs is 1. The fourth-order valence-corrected chi connectivity index (χ4v) is 1.70. The molecule has 0 amide bonds. The van der Waals surface area contributed by atoms with Crippen LogP contribution in [0.25, 0.3) is 11.0 Å². The monoisotopic (exact) mass is 216 g/mol. The first kappa shape index (κ1) is 8.52. The van der Waals surface area contributed by atoms with Crippen LogP contribution in [-0.4, -0.2) is 18.4 Å². The summed E-state index contributed by atoms with van der Waals surface area (Å²) in [5, 5.41) is -0.213. The van der Waals surface area contributed by atoms with Crippen LogP contribution in [0.1, 0.15) is 0 Å². The van der Waals surface area contributed by atoms with Gasteiger partial charge in [0.25, 0.3) is 9.05 Å². The van der Waals surface area contributed by atoms with Crippen LogP contribution < -0.4 is 0 Å². The molecule has 4 nitrogen and oxygen atoms in total. The number of benzene rings is 1. The van der Waals surface area contributed by atoms with E-state index >= 15 is 0 Å². The molecule has 0 fully saturated rings. The van der Waals surface area contributed by atoms with Crippen molar-refractivity contribution in [1.29, 1.82) is 0 Å². The van der Waals surface area contributed by atoms with Crippen molar-refractivity contribution in [2.24, 2.45) is 0 Å². The number of rotatable bonds is 1. The number of H-pyrrole nitrogens is 1. The van der Waals surface area contributed by atoms with Gasteiger partial charge in [-0.15, -0.1) is 0 Å². The lowest BCUT2D eigenvalue weighted by Gasteiger charge is -1.84. The Kier molecular flexibility index (Phi) is 1.78. The van der Waals surface area contributed by atoms with Gasteiger partial charge in [-0.2, -0.15) is 0 Å². The highest BCUT2D eigenvalue weighted by molar-refractivity contribution is 8.13. The van der Waals surface area contributed by atoms with E-state index < -0.39 is 9.05 Å². The van der Waals surface area contributed by atoms with Gasteiger partial charge in [-0.05, 0) is 12.1 Å². The van der Waals surface area contributed by atoms with Crippen LogP contribution in [0, 0.1) is 0 Å². The van der Waals surface area contributed by atoms with Crippen LogP contribution in [0.5, 0.6) is 0 Å². The van der Waals surface area contributed by atoms with E-state index in [2.05, 4.69) is 9.97 Å². The van der Waals surface area contributed by atoms with E-state index in [4.69, 9.17) is 10.7 Å². The van der Waals surface area contributed by atoms with Crippen LogP contribution in [0.15, 0.2) is 29.4 Å². The van der Waals surface area contributed by atoms with Gasteiger partial charge in [-0.1, -0.05) is 12.1 Å². The molecule has 0 radical (unpaired) electrons. The first-order valence-electron chi connectivity index (χ1n) is 3.47. The second-order valence-corrected chi connectivity index (χ2v) is 4.98. The molecule has 0 spiro atoms. The second kappa shape index (κ2) is 2.71. The first-order valence-corrected chi connectivity index (χ1v) is 5.78. The summed E-state index contributed by atoms with van der Waals surface area (Å²) in [4.78, 5) is 6.41. The minimum Gasteiger partial charge on any atom is -0.328 e. The van der Waals surface area contributed by atoms with Crippen molar-refractivity contribution in [1.82, 2.24) is 9.97 Å². The van der Waals surface area contributed by atoms with Crippen LogP contribution in [0.2, 0.25) is 0 Å². The lowest BCUT2D eigenvalue weighted by Crippen LogP contribution is -1.92. The fraction of sp³-hybridized carbons (Fsp3) is 0. The Morgan fingerprint density at radius 3 is 2.62 bits per heavy atom. The topological polar surface area (TPSA) is 62.8 Å². The van der Waals surface area contributed by atoms with Crippen molar-refractivity contribution in [3.63, 3.8) is 0 Å². The third-order valence-electron chi connectivity index (χ3n) is 1.60. The number of para-hydroxylation sites is 2. The first-order chi connectivity index (χ1) is 6.07. The third-order valence-corrected chi connectivity index (χ3v) is 2.69. The number of nitrogens with one attached hydrogen (secondary N) is 1.